The van der Waals surface area contributed by atoms with E-state index < -0.39 is 0 Å². The molecule has 26 heavy (non-hydrogen) atoms. The van der Waals surface area contributed by atoms with Gasteiger partial charge in [-0.25, -0.2) is 0 Å². The number of hydrogen-bond acceptors (Lipinski definition) is 6. The summed E-state index contributed by atoms with van der Waals surface area (Å²) in [7, 11) is 0. The fraction of sp³-hybridized carbons (Fsp3) is 0.722. The van der Waals surface area contributed by atoms with Crippen molar-refractivity contribution in [2.75, 3.05) is 54.5 Å². The Kier molecular flexibility index (Phi) is 5.40. The van der Waals surface area contributed by atoms with Crippen molar-refractivity contribution in [3.05, 3.63) is 6.07 Å². The summed E-state index contributed by atoms with van der Waals surface area (Å²) in [5.41, 5.74) is 0. The molecule has 0 radical (unpaired) electrons. The van der Waals surface area contributed by atoms with Crippen LogP contribution in [0.3, 0.4) is 0 Å². The molecule has 0 amide bonds. The van der Waals surface area contributed by atoms with Gasteiger partial charge in [-0.05, 0) is 43.8 Å². The van der Waals surface area contributed by atoms with Crippen molar-refractivity contribution in [2.45, 2.75) is 38.6 Å². The number of thiocarbonyl (C=S) groups is 1. The van der Waals surface area contributed by atoms with Crippen molar-refractivity contribution < 1.29 is 4.74 Å². The Morgan fingerprint density at radius 3 is 2.54 bits per heavy atom. The molecule has 7 nitrogen and oxygen atoms in total. The second-order valence-corrected chi connectivity index (χ2v) is 7.98. The molecule has 3 fully saturated rings. The van der Waals surface area contributed by atoms with Crippen molar-refractivity contribution >= 4 is 34.9 Å². The van der Waals surface area contributed by atoms with E-state index in [0.29, 0.717) is 23.0 Å². The zero-order valence-corrected chi connectivity index (χ0v) is 16.2. The van der Waals surface area contributed by atoms with E-state index in [1.165, 1.54) is 25.7 Å². The Morgan fingerprint density at radius 1 is 1.12 bits per heavy atom. The molecule has 0 aromatic carbocycles. The number of nitrogens with one attached hydrogen (secondary N) is 2. The summed E-state index contributed by atoms with van der Waals surface area (Å²) in [6.07, 6.45) is 4.88. The minimum Gasteiger partial charge on any atom is -0.378 e. The zero-order chi connectivity index (χ0) is 17.9. The largest absolute Gasteiger partial charge is 0.378 e. The van der Waals surface area contributed by atoms with Gasteiger partial charge in [0, 0.05) is 38.3 Å². The number of nitrogens with zero attached hydrogens (tertiary/aromatic N) is 4. The molecule has 1 aromatic heterocycles. The van der Waals surface area contributed by atoms with Crippen LogP contribution in [-0.2, 0) is 4.74 Å². The SMILES string of the molecule is CC1CCCN(c2cc(N3CCOCC3)nc(NC(=S)NC3CC3)n2)C1. The summed E-state index contributed by atoms with van der Waals surface area (Å²) in [4.78, 5) is 14.2. The van der Waals surface area contributed by atoms with Crippen LogP contribution in [0.1, 0.15) is 32.6 Å². The van der Waals surface area contributed by atoms with Crippen molar-refractivity contribution in [3.63, 3.8) is 0 Å². The van der Waals surface area contributed by atoms with Crippen molar-refractivity contribution in [1.82, 2.24) is 15.3 Å². The first-order valence-electron chi connectivity index (χ1n) is 9.71. The van der Waals surface area contributed by atoms with E-state index in [9.17, 15) is 0 Å². The second-order valence-electron chi connectivity index (χ2n) is 7.57. The molecule has 1 unspecified atom stereocenters. The van der Waals surface area contributed by atoms with Gasteiger partial charge in [-0.1, -0.05) is 6.92 Å². The number of piperidine rings is 1. The van der Waals surface area contributed by atoms with Gasteiger partial charge in [0.05, 0.1) is 13.2 Å². The fourth-order valence-electron chi connectivity index (χ4n) is 3.54. The van der Waals surface area contributed by atoms with E-state index in [1.54, 1.807) is 0 Å². The maximum Gasteiger partial charge on any atom is 0.232 e. The minimum absolute atomic E-state index is 0.514. The van der Waals surface area contributed by atoms with Crippen molar-refractivity contribution in [1.29, 1.82) is 0 Å². The summed E-state index contributed by atoms with van der Waals surface area (Å²) in [6.45, 7) is 7.60. The van der Waals surface area contributed by atoms with E-state index >= 15 is 0 Å². The molecule has 4 rings (SSSR count). The number of hydrogen-bond donors (Lipinski definition) is 2. The van der Waals surface area contributed by atoms with Crippen LogP contribution < -0.4 is 20.4 Å². The second kappa shape index (κ2) is 7.92. The third-order valence-corrected chi connectivity index (χ3v) is 5.37. The lowest BCUT2D eigenvalue weighted by Gasteiger charge is -2.33. The van der Waals surface area contributed by atoms with Gasteiger partial charge in [0.15, 0.2) is 5.11 Å². The number of morpholine rings is 1. The number of anilines is 3. The topological polar surface area (TPSA) is 65.6 Å². The molecule has 1 saturated carbocycles. The molecule has 2 aliphatic heterocycles. The molecular weight excluding hydrogens is 348 g/mol. The summed E-state index contributed by atoms with van der Waals surface area (Å²) in [5.74, 6) is 3.22. The van der Waals surface area contributed by atoms with Crippen LogP contribution in [-0.4, -0.2) is 60.5 Å². The highest BCUT2D eigenvalue weighted by Gasteiger charge is 2.24. The van der Waals surface area contributed by atoms with E-state index in [0.717, 1.165) is 51.0 Å². The smallest absolute Gasteiger partial charge is 0.232 e. The van der Waals surface area contributed by atoms with Gasteiger partial charge in [-0.3, -0.25) is 0 Å². The minimum atomic E-state index is 0.514. The molecule has 142 valence electrons. The zero-order valence-electron chi connectivity index (χ0n) is 15.4. The summed E-state index contributed by atoms with van der Waals surface area (Å²) in [5, 5.41) is 7.11. The first-order chi connectivity index (χ1) is 12.7. The average molecular weight is 377 g/mol. The lowest BCUT2D eigenvalue weighted by Crippen LogP contribution is -2.38. The lowest BCUT2D eigenvalue weighted by molar-refractivity contribution is 0.122. The summed E-state index contributed by atoms with van der Waals surface area (Å²) in [6, 6.07) is 2.63. The Labute approximate surface area is 160 Å². The van der Waals surface area contributed by atoms with Gasteiger partial charge in [-0.2, -0.15) is 9.97 Å². The van der Waals surface area contributed by atoms with E-state index in [2.05, 4.69) is 33.4 Å². The molecule has 0 bridgehead atoms. The van der Waals surface area contributed by atoms with Crippen LogP contribution in [0.4, 0.5) is 17.6 Å². The summed E-state index contributed by atoms with van der Waals surface area (Å²) >= 11 is 5.42. The van der Waals surface area contributed by atoms with Crippen LogP contribution in [0, 0.1) is 5.92 Å². The Hall–Kier alpha value is -1.67. The van der Waals surface area contributed by atoms with Crippen molar-refractivity contribution in [3.8, 4) is 0 Å². The molecule has 1 atom stereocenters. The van der Waals surface area contributed by atoms with E-state index in [-0.39, 0.29) is 0 Å². The van der Waals surface area contributed by atoms with Gasteiger partial charge in [0.25, 0.3) is 0 Å². The monoisotopic (exact) mass is 376 g/mol. The predicted molar refractivity (Wildman–Crippen MR) is 108 cm³/mol. The normalized spacial score (nSPS) is 23.7. The standard InChI is InChI=1S/C18H28N6OS/c1-13-3-2-6-24(12-13)16-11-15(23-7-9-25-10-8-23)20-17(21-16)22-18(26)19-14-4-5-14/h11,13-14H,2-10,12H2,1H3,(H2,19,20,21,22,26). The van der Waals surface area contributed by atoms with Gasteiger partial charge >= 0.3 is 0 Å². The van der Waals surface area contributed by atoms with Gasteiger partial charge in [-0.15, -0.1) is 0 Å². The third-order valence-electron chi connectivity index (χ3n) is 5.15. The maximum absolute atomic E-state index is 5.49. The van der Waals surface area contributed by atoms with Gasteiger partial charge < -0.3 is 25.2 Å². The Balaban J connectivity index is 1.56. The molecule has 2 N–H and O–H groups in total. The average Bonchev–Trinajstić information content (AvgIpc) is 3.46. The van der Waals surface area contributed by atoms with Crippen LogP contribution in [0.2, 0.25) is 0 Å². The quantitative estimate of drug-likeness (QED) is 0.774. The van der Waals surface area contributed by atoms with Gasteiger partial charge in [0.2, 0.25) is 5.95 Å². The summed E-state index contributed by atoms with van der Waals surface area (Å²) < 4.78 is 5.49. The Morgan fingerprint density at radius 2 is 1.85 bits per heavy atom. The van der Waals surface area contributed by atoms with Gasteiger partial charge in [0.1, 0.15) is 11.6 Å². The number of rotatable bonds is 4. The number of ether oxygens (including phenoxy) is 1. The third kappa shape index (κ3) is 4.54. The molecule has 2 saturated heterocycles. The first kappa shape index (κ1) is 17.7. The van der Waals surface area contributed by atoms with E-state index in [4.69, 9.17) is 26.9 Å². The Bertz CT molecular complexity index is 647. The van der Waals surface area contributed by atoms with Crippen molar-refractivity contribution in [2.24, 2.45) is 5.92 Å². The lowest BCUT2D eigenvalue weighted by atomic mass is 10.0. The predicted octanol–water partition coefficient (Wildman–Crippen LogP) is 2.00. The molecule has 1 aromatic rings. The van der Waals surface area contributed by atoms with Crippen LogP contribution in [0.25, 0.3) is 0 Å². The molecular formula is C18H28N6OS. The number of aromatic nitrogens is 2. The van der Waals surface area contributed by atoms with Crippen LogP contribution in [0.15, 0.2) is 6.07 Å². The molecule has 0 spiro atoms. The highest BCUT2D eigenvalue weighted by molar-refractivity contribution is 7.80. The molecule has 8 heteroatoms. The van der Waals surface area contributed by atoms with E-state index in [1.807, 2.05) is 0 Å². The highest BCUT2D eigenvalue weighted by Crippen LogP contribution is 2.26. The molecule has 1 aliphatic carbocycles. The van der Waals surface area contributed by atoms with Crippen LogP contribution in [0.5, 0.6) is 0 Å². The van der Waals surface area contributed by atoms with Crippen LogP contribution >= 0.6 is 12.2 Å². The molecule has 3 heterocycles. The molecule has 3 aliphatic rings. The fourth-order valence-corrected chi connectivity index (χ4v) is 3.80. The first-order valence-corrected chi connectivity index (χ1v) is 10.1. The highest BCUT2D eigenvalue weighted by atomic mass is 32.1. The maximum atomic E-state index is 5.49.